The molecule has 0 saturated heterocycles. The van der Waals surface area contributed by atoms with Crippen molar-refractivity contribution < 1.29 is 21.9 Å². The van der Waals surface area contributed by atoms with E-state index in [0.29, 0.717) is 5.58 Å². The number of para-hydroxylation sites is 1. The highest BCUT2D eigenvalue weighted by atomic mass is 32.2. The molecule has 1 heterocycles. The van der Waals surface area contributed by atoms with Crippen molar-refractivity contribution in [2.75, 3.05) is 0 Å². The molecule has 0 saturated carbocycles. The Labute approximate surface area is 149 Å². The lowest BCUT2D eigenvalue weighted by atomic mass is 9.96. The first-order valence-corrected chi connectivity index (χ1v) is 9.59. The first-order chi connectivity index (χ1) is 12.5. The van der Waals surface area contributed by atoms with Gasteiger partial charge in [-0.25, -0.2) is 0 Å². The van der Waals surface area contributed by atoms with Gasteiger partial charge in [-0.15, -0.1) is 0 Å². The van der Waals surface area contributed by atoms with E-state index in [9.17, 15) is 18.5 Å². The van der Waals surface area contributed by atoms with Crippen molar-refractivity contribution in [3.63, 3.8) is 0 Å². The summed E-state index contributed by atoms with van der Waals surface area (Å²) in [7, 11) is -4.33. The molecule has 0 unspecified atom stereocenters. The lowest BCUT2D eigenvalue weighted by Gasteiger charge is -2.09. The summed E-state index contributed by atoms with van der Waals surface area (Å²) in [6.45, 7) is 0. The molecule has 0 spiro atoms. The highest BCUT2D eigenvalue weighted by Crippen LogP contribution is 2.35. The first kappa shape index (κ1) is 16.6. The molecule has 134 valence electrons. The fraction of sp³-hybridized carbons (Fsp3) is 0.222. The van der Waals surface area contributed by atoms with Crippen LogP contribution in [0.25, 0.3) is 11.0 Å². The number of benzene rings is 2. The first-order valence-electron chi connectivity index (χ1n) is 8.18. The van der Waals surface area contributed by atoms with E-state index in [1.54, 1.807) is 12.1 Å². The molecule has 0 atom stereocenters. The average Bonchev–Trinajstić information content (AvgIpc) is 2.99. The molecule has 0 amide bonds. The summed E-state index contributed by atoms with van der Waals surface area (Å²) in [4.78, 5) is 9.88. The Kier molecular flexibility index (Phi) is 3.91. The molecule has 0 aliphatic heterocycles. The Bertz CT molecular complexity index is 1120. The van der Waals surface area contributed by atoms with Gasteiger partial charge in [0, 0.05) is 23.4 Å². The number of nitro benzene ring substituents is 1. The van der Waals surface area contributed by atoms with E-state index in [1.165, 1.54) is 18.2 Å². The third-order valence-corrected chi connectivity index (χ3v) is 5.76. The molecule has 1 aliphatic carbocycles. The second-order valence-corrected chi connectivity index (χ2v) is 7.65. The van der Waals surface area contributed by atoms with E-state index < -0.39 is 25.6 Å². The van der Waals surface area contributed by atoms with Crippen molar-refractivity contribution in [2.24, 2.45) is 0 Å². The number of nitrogens with zero attached hydrogens (tertiary/aromatic N) is 1. The van der Waals surface area contributed by atoms with Crippen LogP contribution in [0.1, 0.15) is 24.2 Å². The van der Waals surface area contributed by atoms with E-state index in [-0.39, 0.29) is 5.75 Å². The molecular formula is C18H15NO6S. The second kappa shape index (κ2) is 6.14. The third-order valence-electron chi connectivity index (χ3n) is 4.46. The lowest BCUT2D eigenvalue weighted by Crippen LogP contribution is -2.11. The summed E-state index contributed by atoms with van der Waals surface area (Å²) in [5.41, 5.74) is 1.25. The summed E-state index contributed by atoms with van der Waals surface area (Å²) in [5, 5.41) is 11.9. The number of furan rings is 1. The van der Waals surface area contributed by atoms with Crippen LogP contribution in [0.5, 0.6) is 5.75 Å². The molecule has 4 rings (SSSR count). The maximum absolute atomic E-state index is 12.5. The summed E-state index contributed by atoms with van der Waals surface area (Å²) >= 11 is 0. The quantitative estimate of drug-likeness (QED) is 0.389. The van der Waals surface area contributed by atoms with Gasteiger partial charge in [0.15, 0.2) is 4.90 Å². The molecule has 0 fully saturated rings. The maximum atomic E-state index is 12.5. The van der Waals surface area contributed by atoms with Gasteiger partial charge in [0.05, 0.1) is 4.92 Å². The molecule has 7 nitrogen and oxygen atoms in total. The second-order valence-electron chi connectivity index (χ2n) is 6.13. The minimum Gasteiger partial charge on any atom is -0.461 e. The van der Waals surface area contributed by atoms with Crippen LogP contribution in [0.15, 0.2) is 51.8 Å². The number of nitro groups is 1. The largest absolute Gasteiger partial charge is 0.461 e. The molecule has 1 aromatic heterocycles. The van der Waals surface area contributed by atoms with Gasteiger partial charge in [-0.1, -0.05) is 12.1 Å². The standard InChI is InChI=1S/C18H15NO6S/c20-19(21)15-6-2-4-8-18(15)26(22,23)25-12-9-10-17-14(11-12)13-5-1-3-7-16(13)24-17/h2,4,6,8-11H,1,3,5,7H2. The van der Waals surface area contributed by atoms with Crippen molar-refractivity contribution in [1.82, 2.24) is 0 Å². The van der Waals surface area contributed by atoms with E-state index >= 15 is 0 Å². The van der Waals surface area contributed by atoms with Gasteiger partial charge < -0.3 is 8.60 Å². The molecule has 0 radical (unpaired) electrons. The van der Waals surface area contributed by atoms with E-state index in [1.807, 2.05) is 0 Å². The number of aryl methyl sites for hydroxylation is 2. The summed E-state index contributed by atoms with van der Waals surface area (Å²) in [6.07, 6.45) is 3.88. The van der Waals surface area contributed by atoms with Crippen LogP contribution in [0.2, 0.25) is 0 Å². The highest BCUT2D eigenvalue weighted by molar-refractivity contribution is 7.87. The summed E-state index contributed by atoms with van der Waals surface area (Å²) in [6, 6.07) is 9.88. The van der Waals surface area contributed by atoms with Crippen LogP contribution in [0, 0.1) is 10.1 Å². The highest BCUT2D eigenvalue weighted by Gasteiger charge is 2.27. The van der Waals surface area contributed by atoms with Crippen molar-refractivity contribution in [3.05, 3.63) is 63.9 Å². The summed E-state index contributed by atoms with van der Waals surface area (Å²) < 4.78 is 36.1. The Morgan fingerprint density at radius 2 is 1.85 bits per heavy atom. The van der Waals surface area contributed by atoms with Crippen LogP contribution >= 0.6 is 0 Å². The van der Waals surface area contributed by atoms with Crippen molar-refractivity contribution >= 4 is 26.8 Å². The van der Waals surface area contributed by atoms with Crippen LogP contribution in [-0.4, -0.2) is 13.3 Å². The minimum absolute atomic E-state index is 0.102. The van der Waals surface area contributed by atoms with Crippen LogP contribution in [0.4, 0.5) is 5.69 Å². The van der Waals surface area contributed by atoms with E-state index in [2.05, 4.69) is 0 Å². The number of rotatable bonds is 4. The molecule has 2 aromatic carbocycles. The predicted molar refractivity (Wildman–Crippen MR) is 93.8 cm³/mol. The summed E-state index contributed by atoms with van der Waals surface area (Å²) in [5.74, 6) is 1.04. The van der Waals surface area contributed by atoms with Gasteiger partial charge in [0.25, 0.3) is 5.69 Å². The smallest absolute Gasteiger partial charge is 0.346 e. The van der Waals surface area contributed by atoms with Crippen molar-refractivity contribution in [1.29, 1.82) is 0 Å². The fourth-order valence-electron chi connectivity index (χ4n) is 3.28. The zero-order valence-electron chi connectivity index (χ0n) is 13.7. The number of hydrogen-bond donors (Lipinski definition) is 0. The number of hydrogen-bond acceptors (Lipinski definition) is 6. The predicted octanol–water partition coefficient (Wildman–Crippen LogP) is 3.99. The average molecular weight is 373 g/mol. The van der Waals surface area contributed by atoms with Crippen LogP contribution < -0.4 is 4.18 Å². The molecule has 3 aromatic rings. The van der Waals surface area contributed by atoms with Crippen LogP contribution in [0.3, 0.4) is 0 Å². The molecular weight excluding hydrogens is 358 g/mol. The van der Waals surface area contributed by atoms with Crippen LogP contribution in [-0.2, 0) is 23.0 Å². The zero-order valence-corrected chi connectivity index (χ0v) is 14.5. The molecule has 26 heavy (non-hydrogen) atoms. The Morgan fingerprint density at radius 1 is 1.08 bits per heavy atom. The third kappa shape index (κ3) is 2.82. The Balaban J connectivity index is 1.74. The van der Waals surface area contributed by atoms with Gasteiger partial charge in [-0.05, 0) is 43.5 Å². The molecule has 0 N–H and O–H groups in total. The molecule has 8 heteroatoms. The topological polar surface area (TPSA) is 99.7 Å². The fourth-order valence-corrected chi connectivity index (χ4v) is 4.38. The lowest BCUT2D eigenvalue weighted by molar-refractivity contribution is -0.387. The van der Waals surface area contributed by atoms with Gasteiger partial charge in [-0.3, -0.25) is 10.1 Å². The van der Waals surface area contributed by atoms with Gasteiger partial charge in [-0.2, -0.15) is 8.42 Å². The van der Waals surface area contributed by atoms with Crippen molar-refractivity contribution in [2.45, 2.75) is 30.6 Å². The van der Waals surface area contributed by atoms with E-state index in [4.69, 9.17) is 8.60 Å². The Hall–Kier alpha value is -2.87. The zero-order chi connectivity index (χ0) is 18.3. The monoisotopic (exact) mass is 373 g/mol. The normalized spacial score (nSPS) is 14.2. The Morgan fingerprint density at radius 3 is 2.65 bits per heavy atom. The minimum atomic E-state index is -4.33. The van der Waals surface area contributed by atoms with Gasteiger partial charge in [0.1, 0.15) is 17.1 Å². The van der Waals surface area contributed by atoms with E-state index in [0.717, 1.165) is 54.5 Å². The molecule has 0 bridgehead atoms. The SMILES string of the molecule is O=[N+]([O-])c1ccccc1S(=O)(=O)Oc1ccc2oc3c(c2c1)CCCC3. The molecule has 1 aliphatic rings. The number of fused-ring (bicyclic) bond motifs is 3. The van der Waals surface area contributed by atoms with Crippen molar-refractivity contribution in [3.8, 4) is 5.75 Å². The maximum Gasteiger partial charge on any atom is 0.346 e. The van der Waals surface area contributed by atoms with Gasteiger partial charge >= 0.3 is 10.1 Å². The van der Waals surface area contributed by atoms with Gasteiger partial charge in [0.2, 0.25) is 0 Å².